The number of carbonyl (C=O) groups excluding carboxylic acids is 1. The number of nitrogens with zero attached hydrogens (tertiary/aromatic N) is 1. The van der Waals surface area contributed by atoms with E-state index in [0.29, 0.717) is 11.6 Å². The molecule has 1 heterocycles. The molecule has 1 aromatic heterocycles. The van der Waals surface area contributed by atoms with Crippen LogP contribution in [-0.4, -0.2) is 28.4 Å². The summed E-state index contributed by atoms with van der Waals surface area (Å²) >= 11 is 1.63. The number of aliphatic hydroxyl groups excluding tert-OH is 1. The average Bonchev–Trinajstić information content (AvgIpc) is 3.37. The van der Waals surface area contributed by atoms with Crippen LogP contribution in [-0.2, 0) is 10.5 Å². The number of rotatable bonds is 7. The zero-order valence-electron chi connectivity index (χ0n) is 13.1. The number of hydrogen-bond acceptors (Lipinski definition) is 4. The van der Waals surface area contributed by atoms with Crippen LogP contribution in [0.4, 0.5) is 10.2 Å². The lowest BCUT2D eigenvalue weighted by atomic mass is 10.1. The Morgan fingerprint density at radius 3 is 2.88 bits per heavy atom. The minimum atomic E-state index is -0.263. The highest BCUT2D eigenvalue weighted by Crippen LogP contribution is 2.47. The van der Waals surface area contributed by atoms with Crippen molar-refractivity contribution in [3.63, 3.8) is 0 Å². The Labute approximate surface area is 144 Å². The molecule has 1 amide bonds. The van der Waals surface area contributed by atoms with E-state index in [2.05, 4.69) is 10.3 Å². The number of benzene rings is 1. The Bertz CT molecular complexity index is 708. The maximum atomic E-state index is 13.0. The molecule has 1 aliphatic rings. The second kappa shape index (κ2) is 7.77. The molecule has 6 heteroatoms. The van der Waals surface area contributed by atoms with Crippen LogP contribution in [0.15, 0.2) is 42.6 Å². The number of nitrogens with one attached hydrogen (secondary N) is 1. The quantitative estimate of drug-likeness (QED) is 0.756. The molecule has 126 valence electrons. The van der Waals surface area contributed by atoms with Crippen molar-refractivity contribution >= 4 is 23.5 Å². The summed E-state index contributed by atoms with van der Waals surface area (Å²) in [5.41, 5.74) is 2.06. The number of aliphatic hydroxyl groups is 1. The van der Waals surface area contributed by atoms with Gasteiger partial charge in [-0.15, -0.1) is 0 Å². The van der Waals surface area contributed by atoms with Gasteiger partial charge < -0.3 is 10.4 Å². The van der Waals surface area contributed by atoms with Gasteiger partial charge in [0.2, 0.25) is 5.91 Å². The molecule has 0 radical (unpaired) electrons. The third-order valence-corrected chi connectivity index (χ3v) is 5.01. The summed E-state index contributed by atoms with van der Waals surface area (Å²) in [6, 6.07) is 10.1. The van der Waals surface area contributed by atoms with E-state index in [9.17, 15) is 9.18 Å². The molecule has 2 aromatic rings. The predicted octanol–water partition coefficient (Wildman–Crippen LogP) is 3.19. The molecule has 0 aliphatic heterocycles. The van der Waals surface area contributed by atoms with Gasteiger partial charge in [-0.05, 0) is 47.7 Å². The van der Waals surface area contributed by atoms with Gasteiger partial charge in [-0.25, -0.2) is 9.37 Å². The van der Waals surface area contributed by atoms with Gasteiger partial charge in [-0.2, -0.15) is 11.8 Å². The minimum Gasteiger partial charge on any atom is -0.396 e. The van der Waals surface area contributed by atoms with Crippen molar-refractivity contribution in [3.8, 4) is 0 Å². The maximum absolute atomic E-state index is 13.0. The molecule has 2 N–H and O–H groups in total. The first-order chi connectivity index (χ1) is 11.7. The second-order valence-corrected chi connectivity index (χ2v) is 6.92. The Balaban J connectivity index is 1.56. The Hall–Kier alpha value is -1.92. The Morgan fingerprint density at radius 1 is 1.33 bits per heavy atom. The lowest BCUT2D eigenvalue weighted by molar-refractivity contribution is -0.117. The van der Waals surface area contributed by atoms with Crippen LogP contribution >= 0.6 is 11.8 Å². The van der Waals surface area contributed by atoms with E-state index in [1.165, 1.54) is 12.1 Å². The molecular formula is C18H19FN2O2S. The number of carbonyl (C=O) groups is 1. The van der Waals surface area contributed by atoms with Gasteiger partial charge in [0, 0.05) is 23.6 Å². The number of amides is 1. The van der Waals surface area contributed by atoms with Crippen LogP contribution < -0.4 is 5.32 Å². The molecule has 0 spiro atoms. The first-order valence-electron chi connectivity index (χ1n) is 7.87. The molecule has 0 saturated heterocycles. The molecule has 3 rings (SSSR count). The standard InChI is InChI=1S/C18H19FN2O2S/c19-14-3-1-13(2-4-14)15-10-16(15)18(23)21-17-9-12(5-6-20-17)11-24-8-7-22/h1-6,9,15-16,22H,7-8,10-11H2,(H,20,21,23). The average molecular weight is 346 g/mol. The van der Waals surface area contributed by atoms with Crippen molar-refractivity contribution in [2.24, 2.45) is 5.92 Å². The van der Waals surface area contributed by atoms with Crippen LogP contribution in [0.3, 0.4) is 0 Å². The van der Waals surface area contributed by atoms with Crippen molar-refractivity contribution in [1.82, 2.24) is 4.98 Å². The summed E-state index contributed by atoms with van der Waals surface area (Å²) in [6.45, 7) is 0.159. The van der Waals surface area contributed by atoms with Gasteiger partial charge in [-0.1, -0.05) is 12.1 Å². The molecule has 0 bridgehead atoms. The normalized spacial score (nSPS) is 19.1. The summed E-state index contributed by atoms with van der Waals surface area (Å²) < 4.78 is 13.0. The molecule has 1 fully saturated rings. The number of hydrogen-bond donors (Lipinski definition) is 2. The molecule has 2 unspecified atom stereocenters. The minimum absolute atomic E-state index is 0.0445. The third kappa shape index (κ3) is 4.33. The van der Waals surface area contributed by atoms with Gasteiger partial charge in [0.1, 0.15) is 11.6 Å². The number of anilines is 1. The van der Waals surface area contributed by atoms with Gasteiger partial charge in [0.15, 0.2) is 0 Å². The SMILES string of the molecule is O=C(Nc1cc(CSCCO)ccn1)C1CC1c1ccc(F)cc1. The van der Waals surface area contributed by atoms with Crippen LogP contribution in [0.2, 0.25) is 0 Å². The molecular weight excluding hydrogens is 327 g/mol. The summed E-state index contributed by atoms with van der Waals surface area (Å²) in [7, 11) is 0. The highest BCUT2D eigenvalue weighted by molar-refractivity contribution is 7.98. The Morgan fingerprint density at radius 2 is 2.12 bits per heavy atom. The number of thioether (sulfide) groups is 1. The number of halogens is 1. The Kier molecular flexibility index (Phi) is 5.48. The lowest BCUT2D eigenvalue weighted by Crippen LogP contribution is -2.15. The highest BCUT2D eigenvalue weighted by Gasteiger charge is 2.44. The zero-order chi connectivity index (χ0) is 16.9. The lowest BCUT2D eigenvalue weighted by Gasteiger charge is -2.06. The van der Waals surface area contributed by atoms with Crippen LogP contribution in [0.1, 0.15) is 23.5 Å². The summed E-state index contributed by atoms with van der Waals surface area (Å²) in [5, 5.41) is 11.7. The summed E-state index contributed by atoms with van der Waals surface area (Å²) in [6.07, 6.45) is 2.46. The van der Waals surface area contributed by atoms with Crippen molar-refractivity contribution in [2.45, 2.75) is 18.1 Å². The third-order valence-electron chi connectivity index (χ3n) is 4.01. The van der Waals surface area contributed by atoms with Crippen LogP contribution in [0, 0.1) is 11.7 Å². The zero-order valence-corrected chi connectivity index (χ0v) is 13.9. The highest BCUT2D eigenvalue weighted by atomic mass is 32.2. The smallest absolute Gasteiger partial charge is 0.229 e. The van der Waals surface area contributed by atoms with E-state index in [1.807, 2.05) is 12.1 Å². The first-order valence-corrected chi connectivity index (χ1v) is 9.02. The van der Waals surface area contributed by atoms with Crippen LogP contribution in [0.25, 0.3) is 0 Å². The molecule has 1 aliphatic carbocycles. The second-order valence-electron chi connectivity index (χ2n) is 5.82. The fourth-order valence-corrected chi connectivity index (χ4v) is 3.36. The van der Waals surface area contributed by atoms with Crippen molar-refractivity contribution in [2.75, 3.05) is 17.7 Å². The van der Waals surface area contributed by atoms with Gasteiger partial charge >= 0.3 is 0 Å². The van der Waals surface area contributed by atoms with Crippen molar-refractivity contribution in [1.29, 1.82) is 0 Å². The van der Waals surface area contributed by atoms with Crippen molar-refractivity contribution < 1.29 is 14.3 Å². The fourth-order valence-electron chi connectivity index (χ4n) is 2.67. The fraction of sp³-hybridized carbons (Fsp3) is 0.333. The van der Waals surface area contributed by atoms with Gasteiger partial charge in [-0.3, -0.25) is 4.79 Å². The number of aromatic nitrogens is 1. The molecule has 2 atom stereocenters. The summed E-state index contributed by atoms with van der Waals surface area (Å²) in [4.78, 5) is 16.5. The predicted molar refractivity (Wildman–Crippen MR) is 93.4 cm³/mol. The van der Waals surface area contributed by atoms with Crippen LogP contribution in [0.5, 0.6) is 0 Å². The van der Waals surface area contributed by atoms with E-state index in [0.717, 1.165) is 23.3 Å². The van der Waals surface area contributed by atoms with E-state index in [4.69, 9.17) is 5.11 Å². The largest absolute Gasteiger partial charge is 0.396 e. The van der Waals surface area contributed by atoms with Crippen molar-refractivity contribution in [3.05, 3.63) is 59.5 Å². The molecule has 1 aromatic carbocycles. The monoisotopic (exact) mass is 346 g/mol. The molecule has 4 nitrogen and oxygen atoms in total. The summed E-state index contributed by atoms with van der Waals surface area (Å²) in [5.74, 6) is 1.78. The first kappa shape index (κ1) is 16.9. The van der Waals surface area contributed by atoms with Gasteiger partial charge in [0.05, 0.1) is 6.61 Å². The van der Waals surface area contributed by atoms with E-state index in [1.54, 1.807) is 30.1 Å². The van der Waals surface area contributed by atoms with E-state index in [-0.39, 0.29) is 30.2 Å². The van der Waals surface area contributed by atoms with E-state index >= 15 is 0 Å². The molecule has 24 heavy (non-hydrogen) atoms. The van der Waals surface area contributed by atoms with E-state index < -0.39 is 0 Å². The maximum Gasteiger partial charge on any atom is 0.229 e. The van der Waals surface area contributed by atoms with Gasteiger partial charge in [0.25, 0.3) is 0 Å². The number of pyridine rings is 1. The molecule has 1 saturated carbocycles. The topological polar surface area (TPSA) is 62.2 Å².